The smallest absolute Gasteiger partial charge is 0.227 e. The van der Waals surface area contributed by atoms with Crippen LogP contribution < -0.4 is 15.2 Å². The Morgan fingerprint density at radius 3 is 2.91 bits per heavy atom. The van der Waals surface area contributed by atoms with Gasteiger partial charge in [-0.25, -0.2) is 0 Å². The summed E-state index contributed by atoms with van der Waals surface area (Å²) in [5.41, 5.74) is 6.56. The van der Waals surface area contributed by atoms with Gasteiger partial charge in [-0.15, -0.1) is 12.4 Å². The Bertz CT molecular complexity index is 554. The molecule has 7 heteroatoms. The number of hydrogen-bond donors (Lipinski definition) is 1. The summed E-state index contributed by atoms with van der Waals surface area (Å²) in [5, 5.41) is 0.492. The average molecular weight is 347 g/mol. The van der Waals surface area contributed by atoms with Crippen LogP contribution in [0.2, 0.25) is 5.02 Å². The van der Waals surface area contributed by atoms with Crippen LogP contribution in [0.5, 0.6) is 11.5 Å². The molecule has 0 saturated carbocycles. The van der Waals surface area contributed by atoms with E-state index < -0.39 is 0 Å². The summed E-state index contributed by atoms with van der Waals surface area (Å²) in [6, 6.07) is 3.79. The van der Waals surface area contributed by atoms with Crippen molar-refractivity contribution in [2.45, 2.75) is 25.3 Å². The predicted molar refractivity (Wildman–Crippen MR) is 87.2 cm³/mol. The molecule has 3 rings (SSSR count). The van der Waals surface area contributed by atoms with Crippen LogP contribution in [0.4, 0.5) is 0 Å². The maximum atomic E-state index is 12.4. The van der Waals surface area contributed by atoms with Crippen molar-refractivity contribution in [3.8, 4) is 11.5 Å². The molecule has 22 heavy (non-hydrogen) atoms. The second-order valence-corrected chi connectivity index (χ2v) is 5.80. The molecular weight excluding hydrogens is 327 g/mol. The number of halogens is 2. The van der Waals surface area contributed by atoms with Crippen molar-refractivity contribution in [3.63, 3.8) is 0 Å². The Kier molecular flexibility index (Phi) is 5.78. The number of amides is 1. The molecule has 1 saturated heterocycles. The fraction of sp³-hybridized carbons (Fsp3) is 0.533. The zero-order valence-corrected chi connectivity index (χ0v) is 13.8. The highest BCUT2D eigenvalue weighted by atomic mass is 35.5. The summed E-state index contributed by atoms with van der Waals surface area (Å²) in [4.78, 5) is 14.3. The van der Waals surface area contributed by atoms with Gasteiger partial charge in [-0.05, 0) is 30.5 Å². The molecule has 0 aliphatic carbocycles. The Balaban J connectivity index is 0.00000176. The molecule has 2 aliphatic rings. The number of ether oxygens (including phenoxy) is 2. The molecule has 0 aromatic heterocycles. The van der Waals surface area contributed by atoms with Crippen molar-refractivity contribution >= 4 is 29.9 Å². The maximum Gasteiger partial charge on any atom is 0.227 e. The highest BCUT2D eigenvalue weighted by molar-refractivity contribution is 6.32. The third-order valence-electron chi connectivity index (χ3n) is 3.98. The lowest BCUT2D eigenvalue weighted by Gasteiger charge is -2.24. The number of hydrogen-bond acceptors (Lipinski definition) is 4. The maximum absolute atomic E-state index is 12.4. The predicted octanol–water partition coefficient (Wildman–Crippen LogP) is 2.03. The fourth-order valence-corrected chi connectivity index (χ4v) is 3.24. The minimum atomic E-state index is 0. The first-order chi connectivity index (χ1) is 10.2. The third-order valence-corrected chi connectivity index (χ3v) is 4.26. The van der Waals surface area contributed by atoms with E-state index in [0.717, 1.165) is 24.9 Å². The van der Waals surface area contributed by atoms with Crippen LogP contribution in [0, 0.1) is 0 Å². The summed E-state index contributed by atoms with van der Waals surface area (Å²) < 4.78 is 11.0. The topological polar surface area (TPSA) is 64.8 Å². The molecule has 0 bridgehead atoms. The second-order valence-electron chi connectivity index (χ2n) is 5.40. The van der Waals surface area contributed by atoms with Crippen LogP contribution in [0.3, 0.4) is 0 Å². The van der Waals surface area contributed by atoms with Gasteiger partial charge in [0.05, 0.1) is 11.4 Å². The van der Waals surface area contributed by atoms with Gasteiger partial charge in [0.25, 0.3) is 0 Å². The Hall–Kier alpha value is -1.17. The van der Waals surface area contributed by atoms with Crippen LogP contribution in [0.25, 0.3) is 0 Å². The van der Waals surface area contributed by atoms with E-state index in [1.807, 2.05) is 11.0 Å². The van der Waals surface area contributed by atoms with E-state index in [0.29, 0.717) is 42.7 Å². The first-order valence-electron chi connectivity index (χ1n) is 7.26. The quantitative estimate of drug-likeness (QED) is 0.909. The van der Waals surface area contributed by atoms with Gasteiger partial charge in [0.2, 0.25) is 5.91 Å². The fourth-order valence-electron chi connectivity index (χ4n) is 2.95. The van der Waals surface area contributed by atoms with Crippen LogP contribution in [-0.4, -0.2) is 43.2 Å². The number of nitrogens with zero attached hydrogens (tertiary/aromatic N) is 1. The van der Waals surface area contributed by atoms with Gasteiger partial charge in [0.15, 0.2) is 11.5 Å². The zero-order valence-electron chi connectivity index (χ0n) is 12.2. The van der Waals surface area contributed by atoms with E-state index in [4.69, 9.17) is 26.8 Å². The van der Waals surface area contributed by atoms with Crippen LogP contribution >= 0.6 is 24.0 Å². The minimum absolute atomic E-state index is 0. The Morgan fingerprint density at radius 1 is 1.36 bits per heavy atom. The van der Waals surface area contributed by atoms with E-state index in [9.17, 15) is 4.79 Å². The molecule has 1 aromatic carbocycles. The summed E-state index contributed by atoms with van der Waals surface area (Å²) >= 11 is 6.20. The number of benzene rings is 1. The summed E-state index contributed by atoms with van der Waals surface area (Å²) in [5.74, 6) is 1.28. The molecule has 2 N–H and O–H groups in total. The molecule has 0 radical (unpaired) electrons. The van der Waals surface area contributed by atoms with Gasteiger partial charge in [0, 0.05) is 19.1 Å². The van der Waals surface area contributed by atoms with Crippen LogP contribution in [0.15, 0.2) is 12.1 Å². The van der Waals surface area contributed by atoms with E-state index in [1.165, 1.54) is 0 Å². The van der Waals surface area contributed by atoms with Crippen molar-refractivity contribution in [2.24, 2.45) is 5.73 Å². The number of nitrogens with two attached hydrogens (primary N) is 1. The molecule has 1 fully saturated rings. The molecule has 2 heterocycles. The van der Waals surface area contributed by atoms with E-state index in [2.05, 4.69) is 0 Å². The van der Waals surface area contributed by atoms with Crippen LogP contribution in [0.1, 0.15) is 18.4 Å². The summed E-state index contributed by atoms with van der Waals surface area (Å²) in [6.07, 6.45) is 2.33. The number of rotatable bonds is 3. The molecule has 0 spiro atoms. The second kappa shape index (κ2) is 7.40. The van der Waals surface area contributed by atoms with Gasteiger partial charge < -0.3 is 20.1 Å². The monoisotopic (exact) mass is 346 g/mol. The van der Waals surface area contributed by atoms with E-state index in [-0.39, 0.29) is 24.4 Å². The minimum Gasteiger partial charge on any atom is -0.486 e. The molecule has 2 aliphatic heterocycles. The lowest BCUT2D eigenvalue weighted by Crippen LogP contribution is -2.40. The van der Waals surface area contributed by atoms with Crippen molar-refractivity contribution in [1.82, 2.24) is 4.90 Å². The van der Waals surface area contributed by atoms with E-state index >= 15 is 0 Å². The first-order valence-corrected chi connectivity index (χ1v) is 7.64. The lowest BCUT2D eigenvalue weighted by molar-refractivity contribution is -0.131. The van der Waals surface area contributed by atoms with Gasteiger partial charge in [-0.3, -0.25) is 4.79 Å². The van der Waals surface area contributed by atoms with Gasteiger partial charge >= 0.3 is 0 Å². The first kappa shape index (κ1) is 17.2. The normalized spacial score (nSPS) is 19.7. The largest absolute Gasteiger partial charge is 0.486 e. The molecular formula is C15H20Cl2N2O3. The van der Waals surface area contributed by atoms with Crippen LogP contribution in [-0.2, 0) is 11.2 Å². The van der Waals surface area contributed by atoms with Crippen molar-refractivity contribution in [3.05, 3.63) is 22.7 Å². The molecule has 1 atom stereocenters. The average Bonchev–Trinajstić information content (AvgIpc) is 2.96. The van der Waals surface area contributed by atoms with Gasteiger partial charge in [0.1, 0.15) is 13.2 Å². The Morgan fingerprint density at radius 2 is 2.14 bits per heavy atom. The zero-order chi connectivity index (χ0) is 14.8. The lowest BCUT2D eigenvalue weighted by atomic mass is 10.1. The van der Waals surface area contributed by atoms with Gasteiger partial charge in [-0.1, -0.05) is 11.6 Å². The number of likely N-dealkylation sites (tertiary alicyclic amines) is 1. The standard InChI is InChI=1S/C15H19ClN2O3.ClH/c16-12-6-10(7-13-15(12)21-5-4-20-13)8-14(19)18-3-1-2-11(18)9-17;/h6-7,11H,1-5,8-9,17H2;1H. The summed E-state index contributed by atoms with van der Waals surface area (Å²) in [7, 11) is 0. The van der Waals surface area contributed by atoms with E-state index in [1.54, 1.807) is 6.07 Å². The summed E-state index contributed by atoms with van der Waals surface area (Å²) in [6.45, 7) is 2.31. The third kappa shape index (κ3) is 3.42. The molecule has 5 nitrogen and oxygen atoms in total. The molecule has 122 valence electrons. The highest BCUT2D eigenvalue weighted by Gasteiger charge is 2.28. The number of carbonyl (C=O) groups excluding carboxylic acids is 1. The number of fused-ring (bicyclic) bond motifs is 1. The highest BCUT2D eigenvalue weighted by Crippen LogP contribution is 2.38. The van der Waals surface area contributed by atoms with Crippen molar-refractivity contribution in [2.75, 3.05) is 26.3 Å². The van der Waals surface area contributed by atoms with Crippen molar-refractivity contribution < 1.29 is 14.3 Å². The molecule has 1 unspecified atom stereocenters. The molecule has 1 aromatic rings. The van der Waals surface area contributed by atoms with Gasteiger partial charge in [-0.2, -0.15) is 0 Å². The van der Waals surface area contributed by atoms with Crippen molar-refractivity contribution in [1.29, 1.82) is 0 Å². The number of carbonyl (C=O) groups is 1. The SMILES string of the molecule is Cl.NCC1CCCN1C(=O)Cc1cc(Cl)c2c(c1)OCCO2. The molecule has 1 amide bonds. The Labute approximate surface area is 141 Å².